The molecule has 21 heavy (non-hydrogen) atoms. The predicted octanol–water partition coefficient (Wildman–Crippen LogP) is 4.79. The number of hydrogen-bond donors (Lipinski definition) is 1. The van der Waals surface area contributed by atoms with Crippen molar-refractivity contribution in [2.45, 2.75) is 33.3 Å². The van der Waals surface area contributed by atoms with Gasteiger partial charge in [-0.25, -0.2) is 0 Å². The molecule has 108 valence electrons. The third-order valence-corrected chi connectivity index (χ3v) is 3.32. The van der Waals surface area contributed by atoms with E-state index in [2.05, 4.69) is 18.3 Å². The van der Waals surface area contributed by atoms with Crippen molar-refractivity contribution in [1.29, 1.82) is 5.26 Å². The Morgan fingerprint density at radius 2 is 2.05 bits per heavy atom. The maximum atomic E-state index is 9.21. The van der Waals surface area contributed by atoms with Crippen LogP contribution in [0.15, 0.2) is 42.5 Å². The SMILES string of the molecule is CCC(C)Oc1cccc(Nc2ccc(C)cc2C#N)c1. The van der Waals surface area contributed by atoms with Gasteiger partial charge in [0, 0.05) is 11.8 Å². The molecule has 1 unspecified atom stereocenters. The van der Waals surface area contributed by atoms with E-state index in [0.29, 0.717) is 5.56 Å². The third-order valence-electron chi connectivity index (χ3n) is 3.32. The lowest BCUT2D eigenvalue weighted by molar-refractivity contribution is 0.217. The number of aryl methyl sites for hydroxylation is 1. The Morgan fingerprint density at radius 1 is 1.24 bits per heavy atom. The maximum absolute atomic E-state index is 9.21. The summed E-state index contributed by atoms with van der Waals surface area (Å²) in [6.45, 7) is 6.12. The first-order valence-electron chi connectivity index (χ1n) is 7.17. The number of benzene rings is 2. The highest BCUT2D eigenvalue weighted by Gasteiger charge is 2.05. The van der Waals surface area contributed by atoms with Crippen LogP contribution in [0.3, 0.4) is 0 Å². The molecule has 2 rings (SSSR count). The van der Waals surface area contributed by atoms with Crippen LogP contribution in [0.25, 0.3) is 0 Å². The van der Waals surface area contributed by atoms with Gasteiger partial charge in [0.15, 0.2) is 0 Å². The lowest BCUT2D eigenvalue weighted by Crippen LogP contribution is -2.09. The number of nitrogens with one attached hydrogen (secondary N) is 1. The minimum Gasteiger partial charge on any atom is -0.491 e. The van der Waals surface area contributed by atoms with Gasteiger partial charge in [-0.1, -0.05) is 19.1 Å². The summed E-state index contributed by atoms with van der Waals surface area (Å²) in [7, 11) is 0. The summed E-state index contributed by atoms with van der Waals surface area (Å²) < 4.78 is 5.81. The average Bonchev–Trinajstić information content (AvgIpc) is 2.49. The molecule has 0 saturated carbocycles. The van der Waals surface area contributed by atoms with E-state index < -0.39 is 0 Å². The van der Waals surface area contributed by atoms with E-state index in [1.54, 1.807) is 0 Å². The second-order valence-corrected chi connectivity index (χ2v) is 5.15. The summed E-state index contributed by atoms with van der Waals surface area (Å²) in [4.78, 5) is 0. The molecule has 0 aliphatic carbocycles. The summed E-state index contributed by atoms with van der Waals surface area (Å²) in [6, 6.07) is 15.8. The quantitative estimate of drug-likeness (QED) is 0.856. The number of ether oxygens (including phenoxy) is 1. The first-order valence-corrected chi connectivity index (χ1v) is 7.17. The summed E-state index contributed by atoms with van der Waals surface area (Å²) in [5.41, 5.74) is 3.44. The van der Waals surface area contributed by atoms with Gasteiger partial charge in [-0.2, -0.15) is 5.26 Å². The van der Waals surface area contributed by atoms with Gasteiger partial charge in [0.2, 0.25) is 0 Å². The van der Waals surface area contributed by atoms with Crippen LogP contribution in [0.2, 0.25) is 0 Å². The molecule has 3 heteroatoms. The van der Waals surface area contributed by atoms with Gasteiger partial charge in [0.05, 0.1) is 17.4 Å². The Kier molecular flexibility index (Phi) is 4.84. The largest absolute Gasteiger partial charge is 0.491 e. The molecule has 0 fully saturated rings. The highest BCUT2D eigenvalue weighted by molar-refractivity contribution is 5.67. The highest BCUT2D eigenvalue weighted by Crippen LogP contribution is 2.25. The Morgan fingerprint density at radius 3 is 2.76 bits per heavy atom. The van der Waals surface area contributed by atoms with Crippen LogP contribution >= 0.6 is 0 Å². The van der Waals surface area contributed by atoms with Crippen LogP contribution in [-0.4, -0.2) is 6.10 Å². The van der Waals surface area contributed by atoms with Crippen LogP contribution < -0.4 is 10.1 Å². The normalized spacial score (nSPS) is 11.5. The zero-order chi connectivity index (χ0) is 15.2. The summed E-state index contributed by atoms with van der Waals surface area (Å²) in [5, 5.41) is 12.5. The molecular formula is C18H20N2O. The minimum absolute atomic E-state index is 0.189. The molecule has 0 aliphatic heterocycles. The van der Waals surface area contributed by atoms with E-state index in [-0.39, 0.29) is 6.10 Å². The summed E-state index contributed by atoms with van der Waals surface area (Å²) in [6.07, 6.45) is 1.16. The van der Waals surface area contributed by atoms with E-state index >= 15 is 0 Å². The average molecular weight is 280 g/mol. The van der Waals surface area contributed by atoms with Crippen molar-refractivity contribution in [3.63, 3.8) is 0 Å². The molecule has 1 N–H and O–H groups in total. The first kappa shape index (κ1) is 14.9. The second-order valence-electron chi connectivity index (χ2n) is 5.15. The van der Waals surface area contributed by atoms with Crippen LogP contribution in [-0.2, 0) is 0 Å². The highest BCUT2D eigenvalue weighted by atomic mass is 16.5. The maximum Gasteiger partial charge on any atom is 0.121 e. The van der Waals surface area contributed by atoms with Crippen molar-refractivity contribution < 1.29 is 4.74 Å². The standard InChI is InChI=1S/C18H20N2O/c1-4-14(3)21-17-7-5-6-16(11-17)20-18-9-8-13(2)10-15(18)12-19/h5-11,14,20H,4H2,1-3H3. The molecule has 3 nitrogen and oxygen atoms in total. The molecule has 0 heterocycles. The fourth-order valence-corrected chi connectivity index (χ4v) is 1.98. The molecule has 0 aromatic heterocycles. The molecule has 0 amide bonds. The molecule has 2 aromatic carbocycles. The van der Waals surface area contributed by atoms with E-state index in [4.69, 9.17) is 4.74 Å². The first-order chi connectivity index (χ1) is 10.1. The van der Waals surface area contributed by atoms with Crippen LogP contribution in [0.1, 0.15) is 31.4 Å². The van der Waals surface area contributed by atoms with Gasteiger partial charge >= 0.3 is 0 Å². The number of nitrogens with zero attached hydrogens (tertiary/aromatic N) is 1. The number of rotatable bonds is 5. The summed E-state index contributed by atoms with van der Waals surface area (Å²) >= 11 is 0. The number of anilines is 2. The van der Waals surface area contributed by atoms with Gasteiger partial charge in [-0.15, -0.1) is 0 Å². The molecule has 0 aliphatic rings. The zero-order valence-corrected chi connectivity index (χ0v) is 12.7. The van der Waals surface area contributed by atoms with E-state index in [9.17, 15) is 5.26 Å². The number of hydrogen-bond acceptors (Lipinski definition) is 3. The van der Waals surface area contributed by atoms with Gasteiger partial charge in [-0.3, -0.25) is 0 Å². The lowest BCUT2D eigenvalue weighted by atomic mass is 10.1. The predicted molar refractivity (Wildman–Crippen MR) is 86.0 cm³/mol. The Bertz CT molecular complexity index is 659. The molecule has 0 bridgehead atoms. The molecule has 1 atom stereocenters. The molecule has 2 aromatic rings. The van der Waals surface area contributed by atoms with Crippen LogP contribution in [0.4, 0.5) is 11.4 Å². The fourth-order valence-electron chi connectivity index (χ4n) is 1.98. The lowest BCUT2D eigenvalue weighted by Gasteiger charge is -2.14. The minimum atomic E-state index is 0.189. The van der Waals surface area contributed by atoms with Crippen LogP contribution in [0, 0.1) is 18.3 Å². The fraction of sp³-hybridized carbons (Fsp3) is 0.278. The van der Waals surface area contributed by atoms with E-state index in [1.165, 1.54) is 0 Å². The van der Waals surface area contributed by atoms with Crippen molar-refractivity contribution in [3.05, 3.63) is 53.6 Å². The molecular weight excluding hydrogens is 260 g/mol. The molecule has 0 saturated heterocycles. The van der Waals surface area contributed by atoms with Crippen molar-refractivity contribution in [2.24, 2.45) is 0 Å². The van der Waals surface area contributed by atoms with Crippen LogP contribution in [0.5, 0.6) is 5.75 Å². The Hall–Kier alpha value is -2.47. The molecule has 0 radical (unpaired) electrons. The summed E-state index contributed by atoms with van der Waals surface area (Å²) in [5.74, 6) is 0.833. The molecule has 0 spiro atoms. The second kappa shape index (κ2) is 6.81. The van der Waals surface area contributed by atoms with Crippen molar-refractivity contribution >= 4 is 11.4 Å². The zero-order valence-electron chi connectivity index (χ0n) is 12.7. The van der Waals surface area contributed by atoms with Crippen molar-refractivity contribution in [1.82, 2.24) is 0 Å². The number of nitriles is 1. The van der Waals surface area contributed by atoms with Gasteiger partial charge < -0.3 is 10.1 Å². The van der Waals surface area contributed by atoms with Gasteiger partial charge in [0.1, 0.15) is 11.8 Å². The smallest absolute Gasteiger partial charge is 0.121 e. The van der Waals surface area contributed by atoms with Crippen molar-refractivity contribution in [2.75, 3.05) is 5.32 Å². The van der Waals surface area contributed by atoms with Gasteiger partial charge in [-0.05, 0) is 50.1 Å². The van der Waals surface area contributed by atoms with E-state index in [0.717, 1.165) is 29.1 Å². The van der Waals surface area contributed by atoms with E-state index in [1.807, 2.05) is 56.3 Å². The topological polar surface area (TPSA) is 45.0 Å². The van der Waals surface area contributed by atoms with Gasteiger partial charge in [0.25, 0.3) is 0 Å². The Labute approximate surface area is 126 Å². The third kappa shape index (κ3) is 4.00. The monoisotopic (exact) mass is 280 g/mol. The Balaban J connectivity index is 2.20. The van der Waals surface area contributed by atoms with Crippen molar-refractivity contribution in [3.8, 4) is 11.8 Å².